The summed E-state index contributed by atoms with van der Waals surface area (Å²) >= 11 is 3.87. The zero-order chi connectivity index (χ0) is 11.8. The average Bonchev–Trinajstić information content (AvgIpc) is 2.85. The molecule has 17 heavy (non-hydrogen) atoms. The third-order valence-electron chi connectivity index (χ3n) is 3.64. The van der Waals surface area contributed by atoms with Gasteiger partial charge in [0.25, 0.3) is 5.91 Å². The first-order chi connectivity index (χ1) is 8.20. The van der Waals surface area contributed by atoms with Gasteiger partial charge in [-0.05, 0) is 54.3 Å². The van der Waals surface area contributed by atoms with E-state index in [4.69, 9.17) is 0 Å². The Balaban J connectivity index is 1.62. The van der Waals surface area contributed by atoms with Crippen LogP contribution in [0.25, 0.3) is 0 Å². The van der Waals surface area contributed by atoms with Gasteiger partial charge in [0, 0.05) is 23.5 Å². The lowest BCUT2D eigenvalue weighted by Gasteiger charge is -2.29. The minimum Gasteiger partial charge on any atom is -0.349 e. The largest absolute Gasteiger partial charge is 0.349 e. The van der Waals surface area contributed by atoms with Gasteiger partial charge >= 0.3 is 0 Å². The van der Waals surface area contributed by atoms with Gasteiger partial charge in [-0.1, -0.05) is 0 Å². The zero-order valence-corrected chi connectivity index (χ0v) is 12.4. The maximum absolute atomic E-state index is 12.0. The van der Waals surface area contributed by atoms with Crippen LogP contribution in [-0.2, 0) is 0 Å². The summed E-state index contributed by atoms with van der Waals surface area (Å²) < 4.78 is 1.16. The van der Waals surface area contributed by atoms with Crippen molar-refractivity contribution in [2.24, 2.45) is 0 Å². The molecule has 3 nitrogen and oxygen atoms in total. The van der Waals surface area contributed by atoms with Gasteiger partial charge in [-0.2, -0.15) is 0 Å². The minimum absolute atomic E-state index is 0.0930. The molecule has 0 spiro atoms. The molecule has 2 bridgehead atoms. The molecular weight excluding hydrogens is 347 g/mol. The van der Waals surface area contributed by atoms with Crippen LogP contribution in [0.5, 0.6) is 0 Å². The van der Waals surface area contributed by atoms with Crippen LogP contribution in [0.2, 0.25) is 0 Å². The number of fused-ring (bicyclic) bond motifs is 2. The Hall–Kier alpha value is -0.140. The van der Waals surface area contributed by atoms with E-state index in [9.17, 15) is 4.79 Å². The molecule has 1 amide bonds. The molecule has 3 rings (SSSR count). The first-order valence-electron chi connectivity index (χ1n) is 6.01. The molecule has 2 aliphatic rings. The number of carbonyl (C=O) groups excluding carboxylic acids is 1. The molecular formula is C12H15IN2OS. The summed E-state index contributed by atoms with van der Waals surface area (Å²) in [6.07, 6.45) is 4.72. The molecule has 0 saturated carbocycles. The lowest BCUT2D eigenvalue weighted by Crippen LogP contribution is -2.47. The van der Waals surface area contributed by atoms with Crippen molar-refractivity contribution in [1.29, 1.82) is 0 Å². The van der Waals surface area contributed by atoms with Crippen LogP contribution in [0.15, 0.2) is 11.4 Å². The fraction of sp³-hybridized carbons (Fsp3) is 0.583. The molecule has 5 heteroatoms. The molecule has 1 aromatic heterocycles. The van der Waals surface area contributed by atoms with Gasteiger partial charge in [-0.25, -0.2) is 0 Å². The highest BCUT2D eigenvalue weighted by atomic mass is 127. The number of hydrogen-bond donors (Lipinski definition) is 2. The van der Waals surface area contributed by atoms with Crippen LogP contribution in [0, 0.1) is 2.88 Å². The highest BCUT2D eigenvalue weighted by Gasteiger charge is 2.34. The molecule has 2 atom stereocenters. The Morgan fingerprint density at radius 1 is 1.41 bits per heavy atom. The van der Waals surface area contributed by atoms with E-state index in [0.717, 1.165) is 21.3 Å². The van der Waals surface area contributed by atoms with Gasteiger partial charge in [0.1, 0.15) is 0 Å². The van der Waals surface area contributed by atoms with Gasteiger partial charge in [0.2, 0.25) is 0 Å². The maximum Gasteiger partial charge on any atom is 0.252 e. The molecule has 2 aliphatic heterocycles. The number of halogens is 1. The molecule has 0 radical (unpaired) electrons. The number of carbonyl (C=O) groups is 1. The summed E-state index contributed by atoms with van der Waals surface area (Å²) in [5.41, 5.74) is 0.810. The molecule has 3 heterocycles. The summed E-state index contributed by atoms with van der Waals surface area (Å²) in [5.74, 6) is 0.0930. The summed E-state index contributed by atoms with van der Waals surface area (Å²) in [6.45, 7) is 0. The zero-order valence-electron chi connectivity index (χ0n) is 9.41. The Kier molecular flexibility index (Phi) is 3.40. The number of nitrogens with one attached hydrogen (secondary N) is 2. The van der Waals surface area contributed by atoms with Crippen molar-refractivity contribution in [3.8, 4) is 0 Å². The second-order valence-electron chi connectivity index (χ2n) is 4.92. The number of amides is 1. The van der Waals surface area contributed by atoms with Gasteiger partial charge in [0.15, 0.2) is 0 Å². The van der Waals surface area contributed by atoms with Crippen molar-refractivity contribution < 1.29 is 4.79 Å². The van der Waals surface area contributed by atoms with E-state index >= 15 is 0 Å². The van der Waals surface area contributed by atoms with Crippen LogP contribution >= 0.6 is 33.9 Å². The predicted octanol–water partition coefficient (Wildman–Crippen LogP) is 2.37. The lowest BCUT2D eigenvalue weighted by atomic mass is 9.99. The quantitative estimate of drug-likeness (QED) is 0.794. The van der Waals surface area contributed by atoms with Gasteiger partial charge < -0.3 is 10.6 Å². The van der Waals surface area contributed by atoms with Crippen molar-refractivity contribution in [2.45, 2.75) is 43.8 Å². The van der Waals surface area contributed by atoms with E-state index in [1.165, 1.54) is 12.8 Å². The standard InChI is InChI=1S/C12H15IN2OS/c13-11-3-7(6-17-11)12(16)15-10-4-8-1-2-9(5-10)14-8/h3,6,8-10,14H,1-2,4-5H2,(H,15,16). The third-order valence-corrected chi connectivity index (χ3v) is 5.43. The topological polar surface area (TPSA) is 41.1 Å². The van der Waals surface area contributed by atoms with Crippen molar-refractivity contribution >= 4 is 39.8 Å². The highest BCUT2D eigenvalue weighted by molar-refractivity contribution is 14.1. The molecule has 1 aromatic rings. The average molecular weight is 362 g/mol. The second kappa shape index (κ2) is 4.85. The van der Waals surface area contributed by atoms with E-state index in [1.54, 1.807) is 11.3 Å². The van der Waals surface area contributed by atoms with E-state index < -0.39 is 0 Å². The third kappa shape index (κ3) is 2.66. The molecule has 0 aromatic carbocycles. The first kappa shape index (κ1) is 11.9. The number of rotatable bonds is 2. The summed E-state index contributed by atoms with van der Waals surface area (Å²) in [5, 5.41) is 8.70. The monoisotopic (exact) mass is 362 g/mol. The first-order valence-corrected chi connectivity index (χ1v) is 7.97. The molecule has 0 aliphatic carbocycles. The molecule has 92 valence electrons. The van der Waals surface area contributed by atoms with E-state index in [-0.39, 0.29) is 5.91 Å². The number of thiophene rings is 1. The smallest absolute Gasteiger partial charge is 0.252 e. The Morgan fingerprint density at radius 3 is 2.71 bits per heavy atom. The van der Waals surface area contributed by atoms with E-state index in [0.29, 0.717) is 18.1 Å². The van der Waals surface area contributed by atoms with Crippen LogP contribution in [-0.4, -0.2) is 24.0 Å². The van der Waals surface area contributed by atoms with Crippen LogP contribution in [0.1, 0.15) is 36.0 Å². The van der Waals surface area contributed by atoms with Crippen LogP contribution < -0.4 is 10.6 Å². The van der Waals surface area contributed by atoms with Crippen molar-refractivity contribution in [2.75, 3.05) is 0 Å². The predicted molar refractivity (Wildman–Crippen MR) is 77.5 cm³/mol. The van der Waals surface area contributed by atoms with Gasteiger partial charge in [0.05, 0.1) is 8.45 Å². The Bertz CT molecular complexity index is 422. The highest BCUT2D eigenvalue weighted by Crippen LogP contribution is 2.27. The van der Waals surface area contributed by atoms with Gasteiger partial charge in [-0.3, -0.25) is 4.79 Å². The molecule has 2 fully saturated rings. The van der Waals surface area contributed by atoms with Crippen molar-refractivity contribution in [3.63, 3.8) is 0 Å². The fourth-order valence-corrected chi connectivity index (χ4v) is 4.20. The van der Waals surface area contributed by atoms with Gasteiger partial charge in [-0.15, -0.1) is 11.3 Å². The Labute approximate surface area is 119 Å². The SMILES string of the molecule is O=C(NC1CC2CCC(C1)N2)c1csc(I)c1. The normalized spacial score (nSPS) is 31.5. The summed E-state index contributed by atoms with van der Waals surface area (Å²) in [6, 6.07) is 3.57. The number of piperidine rings is 1. The molecule has 2 saturated heterocycles. The van der Waals surface area contributed by atoms with Crippen molar-refractivity contribution in [1.82, 2.24) is 10.6 Å². The summed E-state index contributed by atoms with van der Waals surface area (Å²) in [7, 11) is 0. The lowest BCUT2D eigenvalue weighted by molar-refractivity contribution is 0.0924. The van der Waals surface area contributed by atoms with Crippen molar-refractivity contribution in [3.05, 3.63) is 19.9 Å². The maximum atomic E-state index is 12.0. The second-order valence-corrected chi connectivity index (χ2v) is 7.72. The fourth-order valence-electron chi connectivity index (χ4n) is 2.87. The van der Waals surface area contributed by atoms with Crippen LogP contribution in [0.4, 0.5) is 0 Å². The number of hydrogen-bond acceptors (Lipinski definition) is 3. The minimum atomic E-state index is 0.0930. The Morgan fingerprint density at radius 2 is 2.12 bits per heavy atom. The van der Waals surface area contributed by atoms with Crippen LogP contribution in [0.3, 0.4) is 0 Å². The van der Waals surface area contributed by atoms with E-state index in [1.807, 2.05) is 11.4 Å². The summed E-state index contributed by atoms with van der Waals surface area (Å²) in [4.78, 5) is 12.0. The molecule has 2 N–H and O–H groups in total. The van der Waals surface area contributed by atoms with E-state index in [2.05, 4.69) is 33.2 Å². The molecule has 2 unspecified atom stereocenters.